The summed E-state index contributed by atoms with van der Waals surface area (Å²) in [6.07, 6.45) is 1.87. The van der Waals surface area contributed by atoms with Crippen LogP contribution >= 0.6 is 0 Å². The van der Waals surface area contributed by atoms with Gasteiger partial charge in [0.15, 0.2) is 0 Å². The van der Waals surface area contributed by atoms with E-state index in [1.807, 2.05) is 48.2 Å². The van der Waals surface area contributed by atoms with E-state index < -0.39 is 0 Å². The minimum absolute atomic E-state index is 0.00429. The van der Waals surface area contributed by atoms with Crippen molar-refractivity contribution in [1.82, 2.24) is 15.6 Å². The Hall–Kier alpha value is -2.93. The van der Waals surface area contributed by atoms with Crippen LogP contribution in [0.2, 0.25) is 0 Å². The van der Waals surface area contributed by atoms with Gasteiger partial charge >= 0.3 is 0 Å². The summed E-state index contributed by atoms with van der Waals surface area (Å²) in [7, 11) is 0. The van der Waals surface area contributed by atoms with Crippen LogP contribution in [0.5, 0.6) is 0 Å². The number of rotatable bonds is 4. The number of nitrogens with one attached hydrogen (secondary N) is 3. The van der Waals surface area contributed by atoms with Gasteiger partial charge in [-0.25, -0.2) is 4.98 Å². The second-order valence-corrected chi connectivity index (χ2v) is 9.05. The lowest BCUT2D eigenvalue weighted by molar-refractivity contribution is -0.117. The molecule has 3 atom stereocenters. The maximum Gasteiger partial charge on any atom is 0.251 e. The van der Waals surface area contributed by atoms with Crippen molar-refractivity contribution in [2.24, 2.45) is 5.92 Å². The molecule has 7 nitrogen and oxygen atoms in total. The molecule has 2 aliphatic rings. The second-order valence-electron chi connectivity index (χ2n) is 9.05. The Morgan fingerprint density at radius 2 is 1.88 bits per heavy atom. The van der Waals surface area contributed by atoms with Crippen LogP contribution in [-0.2, 0) is 4.79 Å². The van der Waals surface area contributed by atoms with Crippen LogP contribution in [0.1, 0.15) is 61.3 Å². The first kappa shape index (κ1) is 22.3. The van der Waals surface area contributed by atoms with E-state index >= 15 is 0 Å². The molecule has 0 saturated carbocycles. The third kappa shape index (κ3) is 4.48. The fourth-order valence-corrected chi connectivity index (χ4v) is 4.86. The Balaban J connectivity index is 1.69. The highest BCUT2D eigenvalue weighted by Gasteiger charge is 2.38. The topological polar surface area (TPSA) is 86.4 Å². The Kier molecular flexibility index (Phi) is 6.46. The highest BCUT2D eigenvalue weighted by Crippen LogP contribution is 2.42. The molecule has 3 N–H and O–H groups in total. The monoisotopic (exact) mass is 435 g/mol. The Labute approximate surface area is 190 Å². The predicted octanol–water partition coefficient (Wildman–Crippen LogP) is 3.42. The Morgan fingerprint density at radius 1 is 1.12 bits per heavy atom. The van der Waals surface area contributed by atoms with Gasteiger partial charge in [0.1, 0.15) is 5.82 Å². The lowest BCUT2D eigenvalue weighted by Crippen LogP contribution is -2.48. The number of aryl methyl sites for hydroxylation is 1. The summed E-state index contributed by atoms with van der Waals surface area (Å²) in [6, 6.07) is 11.7. The van der Waals surface area contributed by atoms with Crippen LogP contribution in [0, 0.1) is 12.8 Å². The van der Waals surface area contributed by atoms with Gasteiger partial charge in [-0.2, -0.15) is 0 Å². The number of fused-ring (bicyclic) bond motifs is 1. The van der Waals surface area contributed by atoms with Gasteiger partial charge in [-0.15, -0.1) is 0 Å². The number of piperidine rings is 1. The van der Waals surface area contributed by atoms with Gasteiger partial charge in [0.2, 0.25) is 5.91 Å². The highest BCUT2D eigenvalue weighted by molar-refractivity contribution is 5.98. The zero-order valence-corrected chi connectivity index (χ0v) is 19.3. The standard InChI is InChI=1S/C25H33N5O2/c1-15-6-5-7-23(27-15)29-24-16(2)17(3)30(18(4)31)22-9-8-19(14-21(22)24)25(32)28-20-10-12-26-13-11-20/h5-9,14,16-17,20,24,26H,10-13H2,1-4H3,(H,27,29)(H,28,32). The van der Waals surface area contributed by atoms with Crippen molar-refractivity contribution < 1.29 is 9.59 Å². The molecule has 4 rings (SSSR count). The van der Waals surface area contributed by atoms with Crippen LogP contribution in [0.25, 0.3) is 0 Å². The molecule has 3 unspecified atom stereocenters. The average molecular weight is 436 g/mol. The number of carbonyl (C=O) groups is 2. The number of aromatic nitrogens is 1. The molecular weight excluding hydrogens is 402 g/mol. The van der Waals surface area contributed by atoms with E-state index in [1.54, 1.807) is 6.92 Å². The molecule has 2 aliphatic heterocycles. The summed E-state index contributed by atoms with van der Waals surface area (Å²) in [6.45, 7) is 9.62. The van der Waals surface area contributed by atoms with Gasteiger partial charge in [0.25, 0.3) is 5.91 Å². The normalized spacial score (nSPS) is 23.4. The molecule has 1 saturated heterocycles. The first-order chi connectivity index (χ1) is 15.3. The summed E-state index contributed by atoms with van der Waals surface area (Å²) in [5, 5.41) is 10.1. The molecule has 0 bridgehead atoms. The van der Waals surface area contributed by atoms with Crippen molar-refractivity contribution >= 4 is 23.3 Å². The minimum atomic E-state index is -0.0727. The van der Waals surface area contributed by atoms with Crippen molar-refractivity contribution in [3.05, 3.63) is 53.2 Å². The number of nitrogens with zero attached hydrogens (tertiary/aromatic N) is 2. The van der Waals surface area contributed by atoms with Crippen molar-refractivity contribution in [3.63, 3.8) is 0 Å². The number of amides is 2. The van der Waals surface area contributed by atoms with E-state index in [4.69, 9.17) is 0 Å². The molecule has 0 radical (unpaired) electrons. The molecular formula is C25H33N5O2. The first-order valence-corrected chi connectivity index (χ1v) is 11.5. The number of pyridine rings is 1. The molecule has 3 heterocycles. The van der Waals surface area contributed by atoms with Crippen LogP contribution in [0.3, 0.4) is 0 Å². The van der Waals surface area contributed by atoms with Gasteiger partial charge in [-0.3, -0.25) is 9.59 Å². The predicted molar refractivity (Wildman–Crippen MR) is 127 cm³/mol. The zero-order valence-electron chi connectivity index (χ0n) is 19.3. The van der Waals surface area contributed by atoms with E-state index in [9.17, 15) is 9.59 Å². The van der Waals surface area contributed by atoms with Crippen molar-refractivity contribution in [2.45, 2.75) is 58.7 Å². The van der Waals surface area contributed by atoms with E-state index in [0.717, 1.165) is 48.7 Å². The van der Waals surface area contributed by atoms with E-state index in [1.165, 1.54) is 0 Å². The summed E-state index contributed by atoms with van der Waals surface area (Å²) in [5.41, 5.74) is 3.36. The minimum Gasteiger partial charge on any atom is -0.363 e. The van der Waals surface area contributed by atoms with Crippen molar-refractivity contribution in [3.8, 4) is 0 Å². The molecule has 2 aromatic rings. The van der Waals surface area contributed by atoms with Gasteiger partial charge in [-0.1, -0.05) is 13.0 Å². The summed E-state index contributed by atoms with van der Waals surface area (Å²) in [5.74, 6) is 0.856. The largest absolute Gasteiger partial charge is 0.363 e. The Bertz CT molecular complexity index is 1000. The van der Waals surface area contributed by atoms with E-state index in [0.29, 0.717) is 5.56 Å². The molecule has 1 fully saturated rings. The van der Waals surface area contributed by atoms with E-state index in [-0.39, 0.29) is 35.9 Å². The maximum absolute atomic E-state index is 13.0. The summed E-state index contributed by atoms with van der Waals surface area (Å²) in [4.78, 5) is 32.0. The Morgan fingerprint density at radius 3 is 2.56 bits per heavy atom. The molecule has 1 aromatic heterocycles. The van der Waals surface area contributed by atoms with Crippen LogP contribution in [-0.4, -0.2) is 42.0 Å². The third-order valence-electron chi connectivity index (χ3n) is 6.78. The lowest BCUT2D eigenvalue weighted by atomic mass is 9.82. The van der Waals surface area contributed by atoms with Crippen LogP contribution in [0.15, 0.2) is 36.4 Å². The molecule has 0 aliphatic carbocycles. The van der Waals surface area contributed by atoms with Gasteiger partial charge in [0, 0.05) is 41.9 Å². The summed E-state index contributed by atoms with van der Waals surface area (Å²) < 4.78 is 0. The molecule has 1 aromatic carbocycles. The lowest BCUT2D eigenvalue weighted by Gasteiger charge is -2.44. The first-order valence-electron chi connectivity index (χ1n) is 11.5. The van der Waals surface area contributed by atoms with E-state index in [2.05, 4.69) is 34.8 Å². The zero-order chi connectivity index (χ0) is 22.8. The average Bonchev–Trinajstić information content (AvgIpc) is 2.77. The van der Waals surface area contributed by atoms with Gasteiger partial charge in [-0.05, 0) is 75.7 Å². The molecule has 2 amide bonds. The van der Waals surface area contributed by atoms with Crippen LogP contribution < -0.4 is 20.9 Å². The number of carbonyl (C=O) groups excluding carboxylic acids is 2. The third-order valence-corrected chi connectivity index (χ3v) is 6.78. The molecule has 32 heavy (non-hydrogen) atoms. The molecule has 7 heteroatoms. The summed E-state index contributed by atoms with van der Waals surface area (Å²) >= 11 is 0. The highest BCUT2D eigenvalue weighted by atomic mass is 16.2. The second kappa shape index (κ2) is 9.28. The number of hydrogen-bond acceptors (Lipinski definition) is 5. The van der Waals surface area contributed by atoms with Gasteiger partial charge < -0.3 is 20.9 Å². The maximum atomic E-state index is 13.0. The fraction of sp³-hybridized carbons (Fsp3) is 0.480. The van der Waals surface area contributed by atoms with Crippen molar-refractivity contribution in [1.29, 1.82) is 0 Å². The number of hydrogen-bond donors (Lipinski definition) is 3. The quantitative estimate of drug-likeness (QED) is 0.685. The van der Waals surface area contributed by atoms with Gasteiger partial charge in [0.05, 0.1) is 6.04 Å². The SMILES string of the molecule is CC(=O)N1c2ccc(C(=O)NC3CCNCC3)cc2C(Nc2cccc(C)n2)C(C)C1C. The molecule has 0 spiro atoms. The molecule has 170 valence electrons. The van der Waals surface area contributed by atoms with Crippen molar-refractivity contribution in [2.75, 3.05) is 23.3 Å². The van der Waals surface area contributed by atoms with Crippen LogP contribution in [0.4, 0.5) is 11.5 Å². The smallest absolute Gasteiger partial charge is 0.251 e. The fourth-order valence-electron chi connectivity index (χ4n) is 4.86. The number of anilines is 2. The number of benzene rings is 1.